The summed E-state index contributed by atoms with van der Waals surface area (Å²) in [5.41, 5.74) is 2.26. The van der Waals surface area contributed by atoms with Crippen molar-refractivity contribution in [3.05, 3.63) is 30.5 Å². The molecular formula is C20H30N6. The van der Waals surface area contributed by atoms with Crippen LogP contribution in [-0.2, 0) is 0 Å². The van der Waals surface area contributed by atoms with Crippen LogP contribution in [0.25, 0.3) is 0 Å². The van der Waals surface area contributed by atoms with Gasteiger partial charge < -0.3 is 15.5 Å². The third-order valence-electron chi connectivity index (χ3n) is 4.86. The van der Waals surface area contributed by atoms with Crippen LogP contribution < -0.4 is 15.5 Å². The van der Waals surface area contributed by atoms with Gasteiger partial charge in [-0.15, -0.1) is 5.10 Å². The summed E-state index contributed by atoms with van der Waals surface area (Å²) in [4.78, 5) is 6.94. The number of anilines is 4. The molecule has 2 N–H and O–H groups in total. The first kappa shape index (κ1) is 18.4. The van der Waals surface area contributed by atoms with Crippen molar-refractivity contribution in [3.8, 4) is 0 Å². The molecule has 0 atom stereocenters. The molecule has 0 amide bonds. The van der Waals surface area contributed by atoms with E-state index in [0.717, 1.165) is 43.5 Å². The lowest BCUT2D eigenvalue weighted by Crippen LogP contribution is -2.32. The van der Waals surface area contributed by atoms with E-state index in [9.17, 15) is 0 Å². The van der Waals surface area contributed by atoms with Gasteiger partial charge in [0, 0.05) is 31.0 Å². The van der Waals surface area contributed by atoms with Crippen molar-refractivity contribution >= 4 is 23.1 Å². The van der Waals surface area contributed by atoms with Gasteiger partial charge in [0.1, 0.15) is 0 Å². The van der Waals surface area contributed by atoms with Crippen molar-refractivity contribution in [3.63, 3.8) is 0 Å². The molecule has 1 fully saturated rings. The number of hydrogen-bond donors (Lipinski definition) is 2. The van der Waals surface area contributed by atoms with Gasteiger partial charge in [-0.2, -0.15) is 10.1 Å². The number of nitrogens with zero attached hydrogens (tertiary/aromatic N) is 4. The van der Waals surface area contributed by atoms with Crippen molar-refractivity contribution in [2.24, 2.45) is 11.8 Å². The zero-order chi connectivity index (χ0) is 18.4. The molecule has 0 saturated carbocycles. The second-order valence-corrected chi connectivity index (χ2v) is 7.62. The number of benzene rings is 1. The Bertz CT molecular complexity index is 677. The average molecular weight is 355 g/mol. The lowest BCUT2D eigenvalue weighted by Gasteiger charge is -2.32. The third kappa shape index (κ3) is 5.31. The molecule has 6 nitrogen and oxygen atoms in total. The summed E-state index contributed by atoms with van der Waals surface area (Å²) in [7, 11) is 0. The predicted octanol–water partition coefficient (Wildman–Crippen LogP) is 4.31. The first-order valence-electron chi connectivity index (χ1n) is 9.66. The lowest BCUT2D eigenvalue weighted by atomic mass is 9.99. The fourth-order valence-corrected chi connectivity index (χ4v) is 3.08. The van der Waals surface area contributed by atoms with Crippen LogP contribution in [0, 0.1) is 11.8 Å². The zero-order valence-corrected chi connectivity index (χ0v) is 16.1. The molecule has 1 aliphatic heterocycles. The Morgan fingerprint density at radius 3 is 2.58 bits per heavy atom. The molecule has 0 aliphatic carbocycles. The van der Waals surface area contributed by atoms with Crippen molar-refractivity contribution in [1.82, 2.24) is 15.2 Å². The third-order valence-corrected chi connectivity index (χ3v) is 4.86. The van der Waals surface area contributed by atoms with Crippen LogP contribution in [0.2, 0.25) is 0 Å². The highest BCUT2D eigenvalue weighted by Gasteiger charge is 2.15. The van der Waals surface area contributed by atoms with E-state index in [2.05, 4.69) is 75.8 Å². The Hall–Kier alpha value is -2.37. The molecule has 0 spiro atoms. The van der Waals surface area contributed by atoms with E-state index in [4.69, 9.17) is 0 Å². The molecule has 1 aromatic carbocycles. The highest BCUT2D eigenvalue weighted by atomic mass is 15.3. The van der Waals surface area contributed by atoms with Crippen LogP contribution in [-0.4, -0.2) is 34.8 Å². The molecule has 1 saturated heterocycles. The quantitative estimate of drug-likeness (QED) is 0.772. The average Bonchev–Trinajstić information content (AvgIpc) is 2.63. The maximum absolute atomic E-state index is 4.48. The summed E-state index contributed by atoms with van der Waals surface area (Å²) in [6.07, 6.45) is 5.31. The molecule has 26 heavy (non-hydrogen) atoms. The van der Waals surface area contributed by atoms with Crippen LogP contribution in [0.1, 0.15) is 40.0 Å². The summed E-state index contributed by atoms with van der Waals surface area (Å²) in [6.45, 7) is 9.93. The second-order valence-electron chi connectivity index (χ2n) is 7.62. The molecule has 140 valence electrons. The molecule has 6 heteroatoms. The highest BCUT2D eigenvalue weighted by Crippen LogP contribution is 2.25. The summed E-state index contributed by atoms with van der Waals surface area (Å²) < 4.78 is 0. The number of piperidine rings is 1. The Balaban J connectivity index is 1.57. The van der Waals surface area contributed by atoms with Gasteiger partial charge in [-0.25, -0.2) is 0 Å². The summed E-state index contributed by atoms with van der Waals surface area (Å²) in [6, 6.07) is 8.48. The molecule has 1 aromatic heterocycles. The Morgan fingerprint density at radius 1 is 1.15 bits per heavy atom. The van der Waals surface area contributed by atoms with Crippen LogP contribution >= 0.6 is 0 Å². The minimum Gasteiger partial charge on any atom is -0.372 e. The smallest absolute Gasteiger partial charge is 0.249 e. The van der Waals surface area contributed by atoms with Gasteiger partial charge in [0.25, 0.3) is 0 Å². The van der Waals surface area contributed by atoms with E-state index in [1.807, 2.05) is 0 Å². The Morgan fingerprint density at radius 2 is 1.88 bits per heavy atom. The topological polar surface area (TPSA) is 66.0 Å². The first-order chi connectivity index (χ1) is 12.6. The SMILES string of the molecule is CC(C)CCNc1cnnc(Nc2ccc(N3CCC(C)CC3)cc2)n1. The predicted molar refractivity (Wildman–Crippen MR) is 108 cm³/mol. The van der Waals surface area contributed by atoms with Crippen LogP contribution in [0.15, 0.2) is 30.5 Å². The minimum atomic E-state index is 0.513. The van der Waals surface area contributed by atoms with Gasteiger partial charge in [-0.1, -0.05) is 20.8 Å². The van der Waals surface area contributed by atoms with Crippen LogP contribution in [0.4, 0.5) is 23.1 Å². The van der Waals surface area contributed by atoms with Crippen molar-refractivity contribution in [2.75, 3.05) is 35.2 Å². The highest BCUT2D eigenvalue weighted by molar-refractivity contribution is 5.59. The maximum Gasteiger partial charge on any atom is 0.249 e. The molecule has 0 radical (unpaired) electrons. The number of nitrogens with one attached hydrogen (secondary N) is 2. The second kappa shape index (κ2) is 8.83. The van der Waals surface area contributed by atoms with E-state index in [1.54, 1.807) is 6.20 Å². The molecule has 2 aromatic rings. The summed E-state index contributed by atoms with van der Waals surface area (Å²) >= 11 is 0. The van der Waals surface area contributed by atoms with Crippen LogP contribution in [0.3, 0.4) is 0 Å². The van der Waals surface area contributed by atoms with E-state index in [-0.39, 0.29) is 0 Å². The van der Waals surface area contributed by atoms with Gasteiger partial charge in [-0.3, -0.25) is 0 Å². The molecule has 0 unspecified atom stereocenters. The van der Waals surface area contributed by atoms with E-state index in [1.165, 1.54) is 18.5 Å². The Labute approximate surface area is 156 Å². The van der Waals surface area contributed by atoms with Crippen molar-refractivity contribution < 1.29 is 0 Å². The number of rotatable bonds is 7. The van der Waals surface area contributed by atoms with Gasteiger partial charge in [0.15, 0.2) is 5.82 Å². The zero-order valence-electron chi connectivity index (χ0n) is 16.1. The van der Waals surface area contributed by atoms with Crippen molar-refractivity contribution in [1.29, 1.82) is 0 Å². The number of aromatic nitrogens is 3. The fourth-order valence-electron chi connectivity index (χ4n) is 3.08. The van der Waals surface area contributed by atoms with Crippen LogP contribution in [0.5, 0.6) is 0 Å². The summed E-state index contributed by atoms with van der Waals surface area (Å²) in [5, 5.41) is 14.6. The van der Waals surface area contributed by atoms with E-state index in [0.29, 0.717) is 11.9 Å². The molecular weight excluding hydrogens is 324 g/mol. The van der Waals surface area contributed by atoms with Gasteiger partial charge in [0.05, 0.1) is 6.20 Å². The lowest BCUT2D eigenvalue weighted by molar-refractivity contribution is 0.438. The maximum atomic E-state index is 4.48. The normalized spacial score (nSPS) is 15.3. The standard InChI is InChI=1S/C20H30N6/c1-15(2)8-11-21-19-14-22-25-20(24-19)23-17-4-6-18(7-5-17)26-12-9-16(3)10-13-26/h4-7,14-16H,8-13H2,1-3H3,(H2,21,23,24,25). The molecule has 0 bridgehead atoms. The van der Waals surface area contributed by atoms with Gasteiger partial charge >= 0.3 is 0 Å². The van der Waals surface area contributed by atoms with Crippen molar-refractivity contribution in [2.45, 2.75) is 40.0 Å². The van der Waals surface area contributed by atoms with E-state index >= 15 is 0 Å². The monoisotopic (exact) mass is 354 g/mol. The van der Waals surface area contributed by atoms with Gasteiger partial charge in [0.2, 0.25) is 5.95 Å². The van der Waals surface area contributed by atoms with E-state index < -0.39 is 0 Å². The molecule has 2 heterocycles. The molecule has 1 aliphatic rings. The number of hydrogen-bond acceptors (Lipinski definition) is 6. The minimum absolute atomic E-state index is 0.513. The summed E-state index contributed by atoms with van der Waals surface area (Å²) in [5.74, 6) is 2.77. The molecule has 3 rings (SSSR count). The first-order valence-corrected chi connectivity index (χ1v) is 9.66. The largest absolute Gasteiger partial charge is 0.372 e. The van der Waals surface area contributed by atoms with Gasteiger partial charge in [-0.05, 0) is 55.4 Å². The fraction of sp³-hybridized carbons (Fsp3) is 0.550. The Kier molecular flexibility index (Phi) is 6.26.